The SMILES string of the molecule is CCCN(c1ccc(Cl)cc1)c1nc(=O)c2cccnc2s1. The van der Waals surface area contributed by atoms with E-state index in [1.165, 1.54) is 11.3 Å². The van der Waals surface area contributed by atoms with E-state index in [9.17, 15) is 4.79 Å². The van der Waals surface area contributed by atoms with E-state index >= 15 is 0 Å². The molecule has 0 spiro atoms. The average Bonchev–Trinajstić information content (AvgIpc) is 2.54. The molecule has 1 aromatic carbocycles. The number of hydrogen-bond acceptors (Lipinski definition) is 5. The number of fused-ring (bicyclic) bond motifs is 1. The Bertz CT molecular complexity index is 848. The summed E-state index contributed by atoms with van der Waals surface area (Å²) in [4.78, 5) is 23.4. The highest BCUT2D eigenvalue weighted by atomic mass is 35.5. The van der Waals surface area contributed by atoms with Crippen LogP contribution in [0.15, 0.2) is 47.4 Å². The number of pyridine rings is 1. The molecule has 0 fully saturated rings. The highest BCUT2D eigenvalue weighted by Crippen LogP contribution is 2.29. The van der Waals surface area contributed by atoms with E-state index in [1.807, 2.05) is 29.2 Å². The molecule has 3 rings (SSSR count). The van der Waals surface area contributed by atoms with Crippen molar-refractivity contribution < 1.29 is 0 Å². The number of nitrogens with zero attached hydrogens (tertiary/aromatic N) is 3. The molecule has 3 aromatic rings. The van der Waals surface area contributed by atoms with Gasteiger partial charge >= 0.3 is 0 Å². The Morgan fingerprint density at radius 3 is 2.73 bits per heavy atom. The summed E-state index contributed by atoms with van der Waals surface area (Å²) in [5.74, 6) is 0. The zero-order valence-corrected chi connectivity index (χ0v) is 13.6. The highest BCUT2D eigenvalue weighted by Gasteiger charge is 2.14. The lowest BCUT2D eigenvalue weighted by molar-refractivity contribution is 0.878. The molecule has 22 heavy (non-hydrogen) atoms. The smallest absolute Gasteiger partial charge is 0.282 e. The molecule has 0 saturated heterocycles. The van der Waals surface area contributed by atoms with Gasteiger partial charge < -0.3 is 4.90 Å². The lowest BCUT2D eigenvalue weighted by atomic mass is 10.3. The second-order valence-corrected chi connectivity index (χ2v) is 6.18. The fourth-order valence-electron chi connectivity index (χ4n) is 2.19. The van der Waals surface area contributed by atoms with Gasteiger partial charge in [-0.3, -0.25) is 4.79 Å². The van der Waals surface area contributed by atoms with Gasteiger partial charge in [0.05, 0.1) is 5.39 Å². The van der Waals surface area contributed by atoms with Crippen molar-refractivity contribution in [2.45, 2.75) is 13.3 Å². The summed E-state index contributed by atoms with van der Waals surface area (Å²) in [5.41, 5.74) is 0.719. The van der Waals surface area contributed by atoms with Crippen molar-refractivity contribution in [3.05, 3.63) is 58.0 Å². The number of rotatable bonds is 4. The van der Waals surface area contributed by atoms with Gasteiger partial charge in [-0.25, -0.2) is 4.98 Å². The van der Waals surface area contributed by atoms with Crippen LogP contribution >= 0.6 is 22.9 Å². The molecule has 0 aliphatic rings. The Hall–Kier alpha value is -1.98. The molecular formula is C16H14ClN3OS. The van der Waals surface area contributed by atoms with Crippen LogP contribution in [0.4, 0.5) is 10.8 Å². The molecule has 0 saturated carbocycles. The van der Waals surface area contributed by atoms with Crippen LogP contribution in [-0.4, -0.2) is 16.5 Å². The molecule has 4 nitrogen and oxygen atoms in total. The summed E-state index contributed by atoms with van der Waals surface area (Å²) in [6.45, 7) is 2.86. The minimum atomic E-state index is -0.244. The Kier molecular flexibility index (Phi) is 4.36. The van der Waals surface area contributed by atoms with Crippen LogP contribution in [0.5, 0.6) is 0 Å². The molecule has 0 unspecified atom stereocenters. The fourth-order valence-corrected chi connectivity index (χ4v) is 3.30. The Balaban J connectivity index is 2.12. The molecule has 2 heterocycles. The van der Waals surface area contributed by atoms with Crippen LogP contribution in [0, 0.1) is 0 Å². The third-order valence-electron chi connectivity index (χ3n) is 3.20. The van der Waals surface area contributed by atoms with Gasteiger partial charge in [0, 0.05) is 23.5 Å². The maximum Gasteiger partial charge on any atom is 0.282 e. The minimum absolute atomic E-state index is 0.244. The molecule has 112 valence electrons. The summed E-state index contributed by atoms with van der Waals surface area (Å²) in [7, 11) is 0. The third kappa shape index (κ3) is 2.96. The first kappa shape index (κ1) is 14.9. The standard InChI is InChI=1S/C16H14ClN3OS/c1-2-10-20(12-7-5-11(17)6-8-12)16-19-14(21)13-4-3-9-18-15(13)22-16/h3-9H,2,10H2,1H3. The normalized spacial score (nSPS) is 10.8. The van der Waals surface area contributed by atoms with Crippen LogP contribution in [0.2, 0.25) is 5.02 Å². The summed E-state index contributed by atoms with van der Waals surface area (Å²) < 4.78 is 0. The van der Waals surface area contributed by atoms with Crippen molar-refractivity contribution in [1.82, 2.24) is 9.97 Å². The number of aromatic nitrogens is 2. The molecule has 0 amide bonds. The molecule has 0 N–H and O–H groups in total. The van der Waals surface area contributed by atoms with Crippen molar-refractivity contribution in [3.8, 4) is 0 Å². The second-order valence-electron chi connectivity index (χ2n) is 4.79. The summed E-state index contributed by atoms with van der Waals surface area (Å²) in [6.07, 6.45) is 2.62. The number of hydrogen-bond donors (Lipinski definition) is 0. The van der Waals surface area contributed by atoms with E-state index in [0.717, 1.165) is 18.7 Å². The van der Waals surface area contributed by atoms with Crippen molar-refractivity contribution >= 4 is 44.0 Å². The zero-order valence-electron chi connectivity index (χ0n) is 12.0. The molecule has 0 radical (unpaired) electrons. The van der Waals surface area contributed by atoms with Crippen LogP contribution < -0.4 is 10.5 Å². The Morgan fingerprint density at radius 2 is 2.00 bits per heavy atom. The predicted octanol–water partition coefficient (Wildman–Crippen LogP) is 4.25. The van der Waals surface area contributed by atoms with Crippen LogP contribution in [0.1, 0.15) is 13.3 Å². The number of benzene rings is 1. The van der Waals surface area contributed by atoms with Crippen molar-refractivity contribution in [1.29, 1.82) is 0 Å². The highest BCUT2D eigenvalue weighted by molar-refractivity contribution is 7.21. The quantitative estimate of drug-likeness (QED) is 0.717. The van der Waals surface area contributed by atoms with Gasteiger partial charge in [0.15, 0.2) is 5.13 Å². The first-order chi connectivity index (χ1) is 10.7. The summed E-state index contributed by atoms with van der Waals surface area (Å²) in [6, 6.07) is 11.0. The maximum atomic E-state index is 12.2. The molecular weight excluding hydrogens is 318 g/mol. The van der Waals surface area contributed by atoms with E-state index in [4.69, 9.17) is 11.6 Å². The summed E-state index contributed by atoms with van der Waals surface area (Å²) in [5, 5.41) is 1.89. The number of anilines is 2. The molecule has 6 heteroatoms. The first-order valence-electron chi connectivity index (χ1n) is 6.98. The van der Waals surface area contributed by atoms with Gasteiger partial charge in [0.1, 0.15) is 4.83 Å². The third-order valence-corrected chi connectivity index (χ3v) is 4.47. The van der Waals surface area contributed by atoms with Crippen molar-refractivity contribution in [2.24, 2.45) is 0 Å². The number of halogens is 1. The molecule has 0 aliphatic heterocycles. The van der Waals surface area contributed by atoms with Crippen LogP contribution in [0.25, 0.3) is 10.2 Å². The monoisotopic (exact) mass is 331 g/mol. The topological polar surface area (TPSA) is 46.1 Å². The van der Waals surface area contributed by atoms with Gasteiger partial charge in [-0.15, -0.1) is 0 Å². The predicted molar refractivity (Wildman–Crippen MR) is 92.4 cm³/mol. The minimum Gasteiger partial charge on any atom is -0.318 e. The van der Waals surface area contributed by atoms with Gasteiger partial charge in [-0.05, 0) is 42.8 Å². The van der Waals surface area contributed by atoms with Crippen LogP contribution in [0.3, 0.4) is 0 Å². The van der Waals surface area contributed by atoms with Crippen molar-refractivity contribution in [3.63, 3.8) is 0 Å². The van der Waals surface area contributed by atoms with Gasteiger partial charge in [-0.1, -0.05) is 29.9 Å². The molecule has 0 aliphatic carbocycles. The Morgan fingerprint density at radius 1 is 1.23 bits per heavy atom. The first-order valence-corrected chi connectivity index (χ1v) is 8.17. The van der Waals surface area contributed by atoms with Gasteiger partial charge in [-0.2, -0.15) is 4.98 Å². The van der Waals surface area contributed by atoms with E-state index in [2.05, 4.69) is 16.9 Å². The van der Waals surface area contributed by atoms with Gasteiger partial charge in [0.25, 0.3) is 5.56 Å². The molecule has 0 bridgehead atoms. The molecule has 2 aromatic heterocycles. The largest absolute Gasteiger partial charge is 0.318 e. The van der Waals surface area contributed by atoms with Crippen LogP contribution in [-0.2, 0) is 0 Å². The van der Waals surface area contributed by atoms with E-state index in [-0.39, 0.29) is 5.56 Å². The Labute approximate surface area is 137 Å². The van der Waals surface area contributed by atoms with Gasteiger partial charge in [0.2, 0.25) is 0 Å². The summed E-state index contributed by atoms with van der Waals surface area (Å²) >= 11 is 7.37. The van der Waals surface area contributed by atoms with Crippen molar-refractivity contribution in [2.75, 3.05) is 11.4 Å². The zero-order chi connectivity index (χ0) is 15.5. The average molecular weight is 332 g/mol. The van der Waals surface area contributed by atoms with E-state index in [0.29, 0.717) is 20.4 Å². The van der Waals surface area contributed by atoms with E-state index in [1.54, 1.807) is 18.3 Å². The van der Waals surface area contributed by atoms with E-state index < -0.39 is 0 Å². The lowest BCUT2D eigenvalue weighted by Gasteiger charge is -2.22. The maximum absolute atomic E-state index is 12.2. The lowest BCUT2D eigenvalue weighted by Crippen LogP contribution is -2.21. The second kappa shape index (κ2) is 6.42. The fraction of sp³-hybridized carbons (Fsp3) is 0.188. The molecule has 0 atom stereocenters.